The molecule has 0 atom stereocenters. The molecule has 0 aliphatic heterocycles. The standard InChI is InChI=1S/C12H11ClN4S/c1-3-8-6-9-10(17-5-4-7(2)16-17)14-12(13)15-11(9)18-8/h4-6H,3H2,1-2H3. The Morgan fingerprint density at radius 3 is 2.89 bits per heavy atom. The van der Waals surface area contributed by atoms with Crippen molar-refractivity contribution in [1.82, 2.24) is 19.7 Å². The maximum absolute atomic E-state index is 5.98. The van der Waals surface area contributed by atoms with Gasteiger partial charge >= 0.3 is 0 Å². The van der Waals surface area contributed by atoms with E-state index in [0.29, 0.717) is 0 Å². The third-order valence-corrected chi connectivity index (χ3v) is 4.03. The third-order valence-electron chi connectivity index (χ3n) is 2.68. The molecular formula is C12H11ClN4S. The predicted molar refractivity (Wildman–Crippen MR) is 73.7 cm³/mol. The summed E-state index contributed by atoms with van der Waals surface area (Å²) in [5, 5.41) is 5.64. The largest absolute Gasteiger partial charge is 0.225 e. The molecule has 0 unspecified atom stereocenters. The molecule has 3 aromatic heterocycles. The Labute approximate surface area is 113 Å². The van der Waals surface area contributed by atoms with Crippen LogP contribution in [0, 0.1) is 6.92 Å². The zero-order valence-electron chi connectivity index (χ0n) is 10.0. The molecule has 0 radical (unpaired) electrons. The number of hydrogen-bond donors (Lipinski definition) is 0. The maximum atomic E-state index is 5.98. The molecule has 3 rings (SSSR count). The van der Waals surface area contributed by atoms with Gasteiger partial charge in [-0.05, 0) is 37.1 Å². The molecule has 0 spiro atoms. The fourth-order valence-electron chi connectivity index (χ4n) is 1.81. The van der Waals surface area contributed by atoms with Gasteiger partial charge in [0.25, 0.3) is 0 Å². The van der Waals surface area contributed by atoms with Gasteiger partial charge in [0, 0.05) is 11.1 Å². The summed E-state index contributed by atoms with van der Waals surface area (Å²) in [5.74, 6) is 0.744. The number of hydrogen-bond acceptors (Lipinski definition) is 4. The van der Waals surface area contributed by atoms with Crippen LogP contribution in [0.1, 0.15) is 17.5 Å². The smallest absolute Gasteiger partial charge is 0.222 e. The van der Waals surface area contributed by atoms with Gasteiger partial charge < -0.3 is 0 Å². The van der Waals surface area contributed by atoms with Crippen LogP contribution in [-0.4, -0.2) is 19.7 Å². The Hall–Kier alpha value is -1.46. The van der Waals surface area contributed by atoms with E-state index in [-0.39, 0.29) is 5.28 Å². The van der Waals surface area contributed by atoms with Gasteiger partial charge in [0.1, 0.15) is 4.83 Å². The van der Waals surface area contributed by atoms with Crippen LogP contribution in [0.15, 0.2) is 18.3 Å². The summed E-state index contributed by atoms with van der Waals surface area (Å²) in [4.78, 5) is 10.7. The molecule has 0 fully saturated rings. The molecule has 3 aromatic rings. The first-order chi connectivity index (χ1) is 8.67. The Balaban J connectivity index is 2.29. The lowest BCUT2D eigenvalue weighted by Crippen LogP contribution is -2.00. The molecular weight excluding hydrogens is 268 g/mol. The second-order valence-corrected chi connectivity index (χ2v) is 5.46. The molecule has 0 aromatic carbocycles. The molecule has 0 saturated heterocycles. The molecule has 3 heterocycles. The van der Waals surface area contributed by atoms with E-state index < -0.39 is 0 Å². The van der Waals surface area contributed by atoms with Crippen molar-refractivity contribution in [2.75, 3.05) is 0 Å². The zero-order chi connectivity index (χ0) is 12.7. The molecule has 92 valence electrons. The number of aromatic nitrogens is 4. The SMILES string of the molecule is CCc1cc2c(-n3ccc(C)n3)nc(Cl)nc2s1. The predicted octanol–water partition coefficient (Wildman–Crippen LogP) is 3.40. The molecule has 6 heteroatoms. The minimum absolute atomic E-state index is 0.259. The summed E-state index contributed by atoms with van der Waals surface area (Å²) < 4.78 is 1.75. The van der Waals surface area contributed by atoms with Crippen LogP contribution in [0.5, 0.6) is 0 Å². The highest BCUT2D eigenvalue weighted by atomic mass is 35.5. The van der Waals surface area contributed by atoms with Crippen molar-refractivity contribution >= 4 is 33.2 Å². The van der Waals surface area contributed by atoms with Crippen molar-refractivity contribution in [2.45, 2.75) is 20.3 Å². The quantitative estimate of drug-likeness (QED) is 0.675. The van der Waals surface area contributed by atoms with Crippen LogP contribution >= 0.6 is 22.9 Å². The van der Waals surface area contributed by atoms with Crippen LogP contribution in [0.2, 0.25) is 5.28 Å². The van der Waals surface area contributed by atoms with Crippen molar-refractivity contribution in [3.05, 3.63) is 34.2 Å². The molecule has 0 saturated carbocycles. The lowest BCUT2D eigenvalue weighted by molar-refractivity contribution is 0.837. The number of nitrogens with zero attached hydrogens (tertiary/aromatic N) is 4. The second kappa shape index (κ2) is 4.33. The molecule has 18 heavy (non-hydrogen) atoms. The van der Waals surface area contributed by atoms with Crippen molar-refractivity contribution < 1.29 is 0 Å². The van der Waals surface area contributed by atoms with Crippen molar-refractivity contribution in [3.63, 3.8) is 0 Å². The van der Waals surface area contributed by atoms with E-state index in [1.165, 1.54) is 4.88 Å². The molecule has 0 bridgehead atoms. The van der Waals surface area contributed by atoms with E-state index in [1.807, 2.05) is 19.2 Å². The van der Waals surface area contributed by atoms with Gasteiger partial charge in [0.2, 0.25) is 5.28 Å². The minimum Gasteiger partial charge on any atom is -0.222 e. The number of halogens is 1. The van der Waals surface area contributed by atoms with Crippen LogP contribution < -0.4 is 0 Å². The molecule has 0 aliphatic carbocycles. The fraction of sp³-hybridized carbons (Fsp3) is 0.250. The lowest BCUT2D eigenvalue weighted by atomic mass is 10.3. The third kappa shape index (κ3) is 1.89. The van der Waals surface area contributed by atoms with Gasteiger partial charge in [-0.2, -0.15) is 10.1 Å². The van der Waals surface area contributed by atoms with Gasteiger partial charge in [-0.15, -0.1) is 11.3 Å². The van der Waals surface area contributed by atoms with Crippen molar-refractivity contribution in [1.29, 1.82) is 0 Å². The van der Waals surface area contributed by atoms with Crippen LogP contribution in [-0.2, 0) is 6.42 Å². The summed E-state index contributed by atoms with van der Waals surface area (Å²) in [5.41, 5.74) is 0.948. The Morgan fingerprint density at radius 2 is 2.22 bits per heavy atom. The van der Waals surface area contributed by atoms with Gasteiger partial charge in [0.05, 0.1) is 11.1 Å². The van der Waals surface area contributed by atoms with Crippen molar-refractivity contribution in [3.8, 4) is 5.82 Å². The normalized spacial score (nSPS) is 11.3. The maximum Gasteiger partial charge on any atom is 0.225 e. The van der Waals surface area contributed by atoms with E-state index in [0.717, 1.165) is 28.1 Å². The Morgan fingerprint density at radius 1 is 1.39 bits per heavy atom. The average molecular weight is 279 g/mol. The average Bonchev–Trinajstić information content (AvgIpc) is 2.93. The highest BCUT2D eigenvalue weighted by molar-refractivity contribution is 7.18. The topological polar surface area (TPSA) is 43.6 Å². The monoisotopic (exact) mass is 278 g/mol. The number of thiophene rings is 1. The van der Waals surface area contributed by atoms with E-state index in [4.69, 9.17) is 11.6 Å². The first-order valence-corrected chi connectivity index (χ1v) is 6.85. The van der Waals surface area contributed by atoms with E-state index in [2.05, 4.69) is 28.1 Å². The van der Waals surface area contributed by atoms with Crippen LogP contribution in [0.3, 0.4) is 0 Å². The Bertz CT molecular complexity index is 716. The first-order valence-electron chi connectivity index (χ1n) is 5.66. The molecule has 0 amide bonds. The Kier molecular flexibility index (Phi) is 2.80. The zero-order valence-corrected chi connectivity index (χ0v) is 11.6. The summed E-state index contributed by atoms with van der Waals surface area (Å²) in [6.45, 7) is 4.07. The van der Waals surface area contributed by atoms with Crippen molar-refractivity contribution in [2.24, 2.45) is 0 Å². The van der Waals surface area contributed by atoms with Crippen LogP contribution in [0.4, 0.5) is 0 Å². The first kappa shape index (κ1) is 11.6. The summed E-state index contributed by atoms with van der Waals surface area (Å²) in [6, 6.07) is 4.05. The van der Waals surface area contributed by atoms with Crippen LogP contribution in [0.25, 0.3) is 16.0 Å². The number of fused-ring (bicyclic) bond motifs is 1. The van der Waals surface area contributed by atoms with Gasteiger partial charge in [-0.1, -0.05) is 6.92 Å². The van der Waals surface area contributed by atoms with E-state index in [9.17, 15) is 0 Å². The van der Waals surface area contributed by atoms with Gasteiger partial charge in [0.15, 0.2) is 5.82 Å². The molecule has 4 nitrogen and oxygen atoms in total. The minimum atomic E-state index is 0.259. The summed E-state index contributed by atoms with van der Waals surface area (Å²) >= 11 is 7.63. The number of rotatable bonds is 2. The summed E-state index contributed by atoms with van der Waals surface area (Å²) in [7, 11) is 0. The lowest BCUT2D eigenvalue weighted by Gasteiger charge is -2.02. The van der Waals surface area contributed by atoms with E-state index >= 15 is 0 Å². The summed E-state index contributed by atoms with van der Waals surface area (Å²) in [6.07, 6.45) is 2.87. The van der Waals surface area contributed by atoms with Gasteiger partial charge in [-0.3, -0.25) is 0 Å². The van der Waals surface area contributed by atoms with E-state index in [1.54, 1.807) is 16.0 Å². The highest BCUT2D eigenvalue weighted by Gasteiger charge is 2.12. The molecule has 0 aliphatic rings. The fourth-order valence-corrected chi connectivity index (χ4v) is 2.99. The molecule has 0 N–H and O–H groups in total. The second-order valence-electron chi connectivity index (χ2n) is 4.00. The highest BCUT2D eigenvalue weighted by Crippen LogP contribution is 2.29. The number of aryl methyl sites for hydroxylation is 2. The van der Waals surface area contributed by atoms with Gasteiger partial charge in [-0.25, -0.2) is 9.67 Å².